The summed E-state index contributed by atoms with van der Waals surface area (Å²) in [6.45, 7) is 0.244. The van der Waals surface area contributed by atoms with Gasteiger partial charge >= 0.3 is 0 Å². The van der Waals surface area contributed by atoms with Crippen LogP contribution in [0.5, 0.6) is 11.5 Å². The lowest BCUT2D eigenvalue weighted by Gasteiger charge is -2.55. The van der Waals surface area contributed by atoms with Crippen molar-refractivity contribution < 1.29 is 19.1 Å². The molecule has 5 fully saturated rings. The number of hydrogen-bond acceptors (Lipinski definition) is 6. The van der Waals surface area contributed by atoms with Crippen LogP contribution in [0, 0.1) is 23.2 Å². The molecule has 39 heavy (non-hydrogen) atoms. The van der Waals surface area contributed by atoms with Gasteiger partial charge in [-0.15, -0.1) is 0 Å². The first-order valence-corrected chi connectivity index (χ1v) is 15.0. The molecule has 10 heteroatoms. The third-order valence-electron chi connectivity index (χ3n) is 8.41. The van der Waals surface area contributed by atoms with Crippen LogP contribution in [0.25, 0.3) is 6.08 Å². The molecule has 0 atom stereocenters. The zero-order chi connectivity index (χ0) is 27.3. The summed E-state index contributed by atoms with van der Waals surface area (Å²) in [6.07, 6.45) is 8.27. The highest BCUT2D eigenvalue weighted by Crippen LogP contribution is 2.60. The normalized spacial score (nSPS) is 28.3. The monoisotopic (exact) mass is 602 g/mol. The number of halogens is 2. The molecule has 204 valence electrons. The summed E-state index contributed by atoms with van der Waals surface area (Å²) in [5.41, 5.74) is 4.09. The summed E-state index contributed by atoms with van der Waals surface area (Å²) in [6, 6.07) is 10.7. The fraction of sp³-hybridized carbons (Fsp3) is 0.414. The largest absolute Gasteiger partial charge is 0.493 e. The molecule has 6 nitrogen and oxygen atoms in total. The molecule has 4 aliphatic carbocycles. The molecule has 2 amide bonds. The van der Waals surface area contributed by atoms with Crippen molar-refractivity contribution in [1.82, 2.24) is 10.4 Å². The molecule has 2 aromatic rings. The Morgan fingerprint density at radius 1 is 1.10 bits per heavy atom. The van der Waals surface area contributed by atoms with Gasteiger partial charge in [0.25, 0.3) is 5.91 Å². The van der Waals surface area contributed by atoms with Gasteiger partial charge < -0.3 is 9.47 Å². The number of thiocarbonyl (C=S) groups is 1. The molecule has 0 unspecified atom stereocenters. The van der Waals surface area contributed by atoms with Crippen molar-refractivity contribution in [2.45, 2.75) is 45.1 Å². The molecule has 0 radical (unpaired) electrons. The third-order valence-corrected chi connectivity index (χ3v) is 10.3. The van der Waals surface area contributed by atoms with Crippen molar-refractivity contribution in [2.75, 3.05) is 7.11 Å². The number of benzene rings is 2. The average molecular weight is 604 g/mol. The Hall–Kier alpha value is -2.26. The van der Waals surface area contributed by atoms with Crippen molar-refractivity contribution in [1.29, 1.82) is 0 Å². The lowest BCUT2D eigenvalue weighted by Crippen LogP contribution is -2.57. The van der Waals surface area contributed by atoms with Crippen LogP contribution in [0.1, 0.15) is 49.7 Å². The minimum atomic E-state index is -0.360. The molecule has 4 saturated carbocycles. The number of amides is 2. The molecule has 0 aromatic heterocycles. The highest BCUT2D eigenvalue weighted by Gasteiger charge is 2.55. The maximum Gasteiger partial charge on any atom is 0.285 e. The Balaban J connectivity index is 1.14. The van der Waals surface area contributed by atoms with Crippen molar-refractivity contribution in [2.24, 2.45) is 23.2 Å². The van der Waals surface area contributed by atoms with E-state index in [1.165, 1.54) is 36.0 Å². The van der Waals surface area contributed by atoms with E-state index in [-0.39, 0.29) is 23.8 Å². The minimum Gasteiger partial charge on any atom is -0.493 e. The number of hydrogen-bond donors (Lipinski definition) is 1. The molecular weight excluding hydrogens is 575 g/mol. The fourth-order valence-corrected chi connectivity index (χ4v) is 8.65. The van der Waals surface area contributed by atoms with Crippen LogP contribution in [-0.4, -0.2) is 28.3 Å². The van der Waals surface area contributed by atoms with Gasteiger partial charge in [-0.05, 0) is 104 Å². The molecule has 1 saturated heterocycles. The van der Waals surface area contributed by atoms with E-state index in [2.05, 4.69) is 5.43 Å². The molecular formula is C29H28Cl2N2O4S2. The van der Waals surface area contributed by atoms with Crippen LogP contribution < -0.4 is 14.9 Å². The quantitative estimate of drug-likeness (QED) is 0.271. The minimum absolute atomic E-state index is 0.0527. The van der Waals surface area contributed by atoms with Crippen molar-refractivity contribution in [3.8, 4) is 11.5 Å². The molecule has 1 heterocycles. The van der Waals surface area contributed by atoms with Gasteiger partial charge in [-0.2, -0.15) is 5.01 Å². The van der Waals surface area contributed by atoms with E-state index in [1.807, 2.05) is 12.1 Å². The maximum atomic E-state index is 13.5. The van der Waals surface area contributed by atoms with E-state index in [9.17, 15) is 9.59 Å². The van der Waals surface area contributed by atoms with Crippen molar-refractivity contribution in [3.63, 3.8) is 0 Å². The summed E-state index contributed by atoms with van der Waals surface area (Å²) < 4.78 is 11.8. The molecule has 5 aliphatic rings. The predicted octanol–water partition coefficient (Wildman–Crippen LogP) is 7.03. The van der Waals surface area contributed by atoms with Crippen LogP contribution in [-0.2, 0) is 16.2 Å². The van der Waals surface area contributed by atoms with Gasteiger partial charge in [-0.25, -0.2) is 0 Å². The first-order valence-electron chi connectivity index (χ1n) is 13.1. The van der Waals surface area contributed by atoms with Crippen molar-refractivity contribution >= 4 is 69.4 Å². The Kier molecular flexibility index (Phi) is 7.33. The molecule has 4 bridgehead atoms. The molecule has 2 aromatic carbocycles. The van der Waals surface area contributed by atoms with E-state index >= 15 is 0 Å². The topological polar surface area (TPSA) is 67.9 Å². The summed E-state index contributed by atoms with van der Waals surface area (Å²) in [5.74, 6) is 2.59. The highest BCUT2D eigenvalue weighted by atomic mass is 35.5. The van der Waals surface area contributed by atoms with Crippen LogP contribution in [0.3, 0.4) is 0 Å². The van der Waals surface area contributed by atoms with Crippen molar-refractivity contribution in [3.05, 3.63) is 62.5 Å². The molecule has 1 N–H and O–H groups in total. The average Bonchev–Trinajstić information content (AvgIpc) is 3.15. The Bertz CT molecular complexity index is 1360. The Morgan fingerprint density at radius 2 is 1.79 bits per heavy atom. The second-order valence-electron chi connectivity index (χ2n) is 11.1. The van der Waals surface area contributed by atoms with Crippen LogP contribution >= 0.6 is 47.2 Å². The van der Waals surface area contributed by atoms with Gasteiger partial charge in [0.05, 0.1) is 17.4 Å². The number of nitrogens with zero attached hydrogens (tertiary/aromatic N) is 1. The van der Waals surface area contributed by atoms with Crippen LogP contribution in [0.15, 0.2) is 41.3 Å². The summed E-state index contributed by atoms with van der Waals surface area (Å²) in [7, 11) is 1.56. The fourth-order valence-electron chi connectivity index (χ4n) is 7.01. The highest BCUT2D eigenvalue weighted by molar-refractivity contribution is 8.26. The number of methoxy groups -OCH3 is 1. The van der Waals surface area contributed by atoms with E-state index in [4.69, 9.17) is 44.9 Å². The maximum absolute atomic E-state index is 13.5. The first-order chi connectivity index (χ1) is 18.7. The zero-order valence-corrected chi connectivity index (χ0v) is 24.5. The lowest BCUT2D eigenvalue weighted by atomic mass is 9.49. The first kappa shape index (κ1) is 26.9. The van der Waals surface area contributed by atoms with Gasteiger partial charge in [-0.3, -0.25) is 15.0 Å². The smallest absolute Gasteiger partial charge is 0.285 e. The van der Waals surface area contributed by atoms with E-state index < -0.39 is 0 Å². The lowest BCUT2D eigenvalue weighted by molar-refractivity contribution is -0.152. The van der Waals surface area contributed by atoms with E-state index in [1.54, 1.807) is 37.5 Å². The van der Waals surface area contributed by atoms with Crippen LogP contribution in [0.2, 0.25) is 10.0 Å². The summed E-state index contributed by atoms with van der Waals surface area (Å²) in [4.78, 5) is 27.2. The van der Waals surface area contributed by atoms with E-state index in [0.717, 1.165) is 30.4 Å². The molecule has 1 aliphatic heterocycles. The van der Waals surface area contributed by atoms with Crippen LogP contribution in [0.4, 0.5) is 0 Å². The number of nitrogens with one attached hydrogen (secondary N) is 1. The van der Waals surface area contributed by atoms with Gasteiger partial charge in [0.15, 0.2) is 15.8 Å². The number of hydrazine groups is 1. The van der Waals surface area contributed by atoms with E-state index in [0.29, 0.717) is 48.5 Å². The number of ether oxygens (including phenoxy) is 2. The van der Waals surface area contributed by atoms with Gasteiger partial charge in [0, 0.05) is 15.6 Å². The zero-order valence-electron chi connectivity index (χ0n) is 21.4. The Morgan fingerprint density at radius 3 is 2.44 bits per heavy atom. The number of carbonyl (C=O) groups is 2. The van der Waals surface area contributed by atoms with Gasteiger partial charge in [0.2, 0.25) is 5.91 Å². The number of rotatable bonds is 7. The third kappa shape index (κ3) is 5.29. The van der Waals surface area contributed by atoms with Gasteiger partial charge in [0.1, 0.15) is 6.61 Å². The summed E-state index contributed by atoms with van der Waals surface area (Å²) >= 11 is 18.9. The number of carbonyl (C=O) groups excluding carboxylic acids is 2. The Labute approximate surface area is 247 Å². The number of thioether (sulfide) groups is 1. The summed E-state index contributed by atoms with van der Waals surface area (Å²) in [5, 5.41) is 2.33. The van der Waals surface area contributed by atoms with Gasteiger partial charge in [-0.1, -0.05) is 47.1 Å². The molecule has 0 spiro atoms. The standard InChI is InChI=1S/C29H28Cl2N2O4S2/c1-36-24-9-16(2-5-23(24)37-15-20-3-4-21(30)11-22(20)31)10-25-26(34)33(28(38)39-25)32-27(35)29-12-17-6-18(13-29)8-19(7-17)14-29/h2-5,9-11,17-19H,6-8,12-15H2,1H3,(H,32,35)/b25-10+. The predicted molar refractivity (Wildman–Crippen MR) is 158 cm³/mol. The second-order valence-corrected chi connectivity index (χ2v) is 13.6. The second kappa shape index (κ2) is 10.6. The SMILES string of the molecule is COc1cc(/C=C2/SC(=S)N(NC(=O)C34CC5CC(CC(C5)C3)C4)C2=O)ccc1OCc1ccc(Cl)cc1Cl. The molecule has 7 rings (SSSR count).